The summed E-state index contributed by atoms with van der Waals surface area (Å²) in [6.07, 6.45) is -0.282. The molecule has 0 radical (unpaired) electrons. The minimum Gasteiger partial charge on any atom is -0.488 e. The highest BCUT2D eigenvalue weighted by molar-refractivity contribution is 7.92. The number of carbonyl (C=O) groups is 1. The first-order valence-electron chi connectivity index (χ1n) is 14.9. The number of rotatable bonds is 10. The van der Waals surface area contributed by atoms with Gasteiger partial charge in [-0.2, -0.15) is 0 Å². The van der Waals surface area contributed by atoms with Gasteiger partial charge in [0.1, 0.15) is 11.9 Å². The number of anilines is 1. The van der Waals surface area contributed by atoms with Crippen LogP contribution in [0, 0.1) is 5.92 Å². The van der Waals surface area contributed by atoms with E-state index in [0.29, 0.717) is 30.4 Å². The van der Waals surface area contributed by atoms with Crippen LogP contribution >= 0.6 is 11.6 Å². The minimum absolute atomic E-state index is 0.0448. The van der Waals surface area contributed by atoms with Crippen LogP contribution in [-0.4, -0.2) is 68.1 Å². The Kier molecular flexibility index (Phi) is 10.1. The molecule has 0 spiro atoms. The van der Waals surface area contributed by atoms with Gasteiger partial charge in [-0.25, -0.2) is 8.42 Å². The van der Waals surface area contributed by atoms with Gasteiger partial charge in [0.2, 0.25) is 0 Å². The van der Waals surface area contributed by atoms with Crippen LogP contribution in [0.1, 0.15) is 29.8 Å². The zero-order valence-electron chi connectivity index (χ0n) is 25.6. The van der Waals surface area contributed by atoms with Gasteiger partial charge in [-0.15, -0.1) is 0 Å². The normalized spacial score (nSPS) is 17.6. The van der Waals surface area contributed by atoms with E-state index in [9.17, 15) is 18.3 Å². The third-order valence-electron chi connectivity index (χ3n) is 8.05. The molecular weight excluding hydrogens is 610 g/mol. The Hall–Kier alpha value is -3.89. The Balaban J connectivity index is 1.36. The summed E-state index contributed by atoms with van der Waals surface area (Å²) in [6.45, 7) is 5.28. The lowest BCUT2D eigenvalue weighted by Crippen LogP contribution is -2.49. The van der Waals surface area contributed by atoms with Crippen molar-refractivity contribution in [3.63, 3.8) is 0 Å². The van der Waals surface area contributed by atoms with Crippen molar-refractivity contribution in [2.24, 2.45) is 5.92 Å². The van der Waals surface area contributed by atoms with Crippen molar-refractivity contribution in [3.05, 3.63) is 113 Å². The number of nitrogens with one attached hydrogen (secondary N) is 1. The van der Waals surface area contributed by atoms with Gasteiger partial charge in [0.25, 0.3) is 15.9 Å². The first-order valence-corrected chi connectivity index (χ1v) is 16.7. The summed E-state index contributed by atoms with van der Waals surface area (Å²) in [7, 11) is -1.89. The molecule has 0 saturated carbocycles. The summed E-state index contributed by atoms with van der Waals surface area (Å²) in [5.74, 6) is -0.0277. The van der Waals surface area contributed by atoms with Crippen molar-refractivity contribution in [1.82, 2.24) is 9.80 Å². The van der Waals surface area contributed by atoms with Gasteiger partial charge in [-0.05, 0) is 73.1 Å². The van der Waals surface area contributed by atoms with E-state index < -0.39 is 16.1 Å². The highest BCUT2D eigenvalue weighted by Gasteiger charge is 2.33. The van der Waals surface area contributed by atoms with Crippen LogP contribution in [0.2, 0.25) is 5.02 Å². The van der Waals surface area contributed by atoms with Gasteiger partial charge in [0.15, 0.2) is 0 Å². The van der Waals surface area contributed by atoms with Crippen molar-refractivity contribution in [1.29, 1.82) is 0 Å². The van der Waals surface area contributed by atoms with E-state index in [2.05, 4.69) is 46.0 Å². The second kappa shape index (κ2) is 14.0. The van der Waals surface area contributed by atoms with Gasteiger partial charge in [0.05, 0.1) is 23.1 Å². The first kappa shape index (κ1) is 32.5. The Bertz CT molecular complexity index is 1720. The van der Waals surface area contributed by atoms with E-state index in [4.69, 9.17) is 16.3 Å². The fraction of sp³-hybridized carbons (Fsp3) is 0.286. The van der Waals surface area contributed by atoms with Crippen molar-refractivity contribution < 1.29 is 23.1 Å². The summed E-state index contributed by atoms with van der Waals surface area (Å²) in [5.41, 5.74) is 3.94. The molecule has 1 heterocycles. The zero-order valence-corrected chi connectivity index (χ0v) is 27.1. The molecular formula is C35H38ClN3O5S. The summed E-state index contributed by atoms with van der Waals surface area (Å²) in [4.78, 5) is 17.7. The number of ether oxygens (including phenoxy) is 1. The predicted octanol–water partition coefficient (Wildman–Crippen LogP) is 6.16. The van der Waals surface area contributed by atoms with Crippen molar-refractivity contribution in [2.45, 2.75) is 37.4 Å². The molecule has 0 saturated heterocycles. The van der Waals surface area contributed by atoms with Crippen molar-refractivity contribution >= 4 is 33.2 Å². The molecule has 5 rings (SSSR count). The van der Waals surface area contributed by atoms with Crippen LogP contribution in [0.4, 0.5) is 5.69 Å². The molecule has 10 heteroatoms. The van der Waals surface area contributed by atoms with E-state index in [1.807, 2.05) is 32.2 Å². The molecule has 0 unspecified atom stereocenters. The number of aliphatic hydroxyl groups is 1. The number of hydrogen-bond acceptors (Lipinski definition) is 6. The number of likely N-dealkylation sites (N-methyl/N-ethyl adjacent to an activating group) is 1. The minimum atomic E-state index is -3.93. The van der Waals surface area contributed by atoms with Gasteiger partial charge >= 0.3 is 0 Å². The number of nitrogens with zero attached hydrogens (tertiary/aromatic N) is 2. The average Bonchev–Trinajstić information content (AvgIpc) is 3.03. The number of benzene rings is 4. The van der Waals surface area contributed by atoms with Crippen LogP contribution in [0.3, 0.4) is 0 Å². The number of amides is 1. The molecule has 0 aromatic heterocycles. The number of carbonyl (C=O) groups excluding carboxylic acids is 1. The third kappa shape index (κ3) is 7.86. The Labute approximate surface area is 270 Å². The summed E-state index contributed by atoms with van der Waals surface area (Å²) >= 11 is 5.93. The van der Waals surface area contributed by atoms with Gasteiger partial charge in [-0.1, -0.05) is 73.1 Å². The lowest BCUT2D eigenvalue weighted by atomic mass is 9.99. The second-order valence-corrected chi connectivity index (χ2v) is 13.8. The Morgan fingerprint density at radius 3 is 2.33 bits per heavy atom. The SMILES string of the molecule is C[C@@H]1CN([C@H](C)CO)C(=O)c2cc(NS(=O)(=O)c3ccc(Cl)cc3)ccc2O[C@H]1CN(C)Cc1ccc(-c2ccccc2)cc1. The molecule has 4 aromatic carbocycles. The molecule has 0 aliphatic carbocycles. The monoisotopic (exact) mass is 647 g/mol. The highest BCUT2D eigenvalue weighted by atomic mass is 35.5. The van der Waals surface area contributed by atoms with E-state index >= 15 is 0 Å². The largest absolute Gasteiger partial charge is 0.488 e. The molecule has 1 amide bonds. The maximum absolute atomic E-state index is 13.8. The lowest BCUT2D eigenvalue weighted by Gasteiger charge is -2.38. The molecule has 45 heavy (non-hydrogen) atoms. The summed E-state index contributed by atoms with van der Waals surface area (Å²) in [6, 6.07) is 28.9. The molecule has 1 aliphatic rings. The first-order chi connectivity index (χ1) is 21.5. The van der Waals surface area contributed by atoms with Crippen molar-refractivity contribution in [3.8, 4) is 16.9 Å². The topological polar surface area (TPSA) is 99.2 Å². The Morgan fingerprint density at radius 1 is 1.00 bits per heavy atom. The molecule has 0 bridgehead atoms. The highest BCUT2D eigenvalue weighted by Crippen LogP contribution is 2.32. The fourth-order valence-corrected chi connectivity index (χ4v) is 6.62. The summed E-state index contributed by atoms with van der Waals surface area (Å²) < 4.78 is 35.1. The van der Waals surface area contributed by atoms with Crippen LogP contribution in [0.5, 0.6) is 5.75 Å². The molecule has 8 nitrogen and oxygen atoms in total. The van der Waals surface area contributed by atoms with Crippen LogP contribution in [0.25, 0.3) is 11.1 Å². The third-order valence-corrected chi connectivity index (χ3v) is 9.70. The van der Waals surface area contributed by atoms with Crippen LogP contribution in [-0.2, 0) is 16.6 Å². The molecule has 3 atom stereocenters. The second-order valence-electron chi connectivity index (χ2n) is 11.7. The average molecular weight is 648 g/mol. The number of fused-ring (bicyclic) bond motifs is 1. The predicted molar refractivity (Wildman–Crippen MR) is 178 cm³/mol. The van der Waals surface area contributed by atoms with Gasteiger partial charge < -0.3 is 14.7 Å². The van der Waals surface area contributed by atoms with Crippen molar-refractivity contribution in [2.75, 3.05) is 31.5 Å². The maximum Gasteiger partial charge on any atom is 0.261 e. The fourth-order valence-electron chi connectivity index (χ4n) is 5.45. The van der Waals surface area contributed by atoms with Gasteiger partial charge in [-0.3, -0.25) is 14.4 Å². The van der Waals surface area contributed by atoms with Gasteiger partial charge in [0, 0.05) is 36.3 Å². The van der Waals surface area contributed by atoms with Crippen LogP contribution in [0.15, 0.2) is 102 Å². The molecule has 0 fully saturated rings. The zero-order chi connectivity index (χ0) is 32.1. The van der Waals surface area contributed by atoms with E-state index in [0.717, 1.165) is 5.56 Å². The smallest absolute Gasteiger partial charge is 0.261 e. The molecule has 236 valence electrons. The summed E-state index contributed by atoms with van der Waals surface area (Å²) in [5, 5.41) is 10.4. The Morgan fingerprint density at radius 2 is 1.67 bits per heavy atom. The molecule has 4 aromatic rings. The number of halogens is 1. The van der Waals surface area contributed by atoms with E-state index in [-0.39, 0.29) is 40.7 Å². The van der Waals surface area contributed by atoms with E-state index in [1.54, 1.807) is 24.0 Å². The number of sulfonamides is 1. The van der Waals surface area contributed by atoms with Crippen LogP contribution < -0.4 is 9.46 Å². The van der Waals surface area contributed by atoms with E-state index in [1.165, 1.54) is 41.5 Å². The quantitative estimate of drug-likeness (QED) is 0.214. The number of aliphatic hydroxyl groups excluding tert-OH is 1. The molecule has 2 N–H and O–H groups in total. The standard InChI is InChI=1S/C35H38ClN3O5S/c1-24-20-39(25(2)23-40)35(41)32-19-30(37-45(42,43)31-16-13-29(36)14-17-31)15-18-33(32)44-34(24)22-38(3)21-26-9-11-28(12-10-26)27-7-5-4-6-8-27/h4-19,24-25,34,37,40H,20-23H2,1-3H3/t24-,25-,34+/m1/s1. The lowest BCUT2D eigenvalue weighted by molar-refractivity contribution is 0.0341. The maximum atomic E-state index is 13.8. The molecule has 1 aliphatic heterocycles. The number of hydrogen-bond donors (Lipinski definition) is 2.